The fourth-order valence-electron chi connectivity index (χ4n) is 5.03. The largest absolute Gasteiger partial charge is 0.456 e. The maximum atomic E-state index is 13.6. The Kier molecular flexibility index (Phi) is 5.93. The summed E-state index contributed by atoms with van der Waals surface area (Å²) in [5.74, 6) is -2.20. The number of benzene rings is 3. The van der Waals surface area contributed by atoms with Crippen molar-refractivity contribution in [1.82, 2.24) is 4.90 Å². The quantitative estimate of drug-likeness (QED) is 0.264. The van der Waals surface area contributed by atoms with E-state index in [-0.39, 0.29) is 12.3 Å². The predicted molar refractivity (Wildman–Crippen MR) is 132 cm³/mol. The summed E-state index contributed by atoms with van der Waals surface area (Å²) in [5.41, 5.74) is 3.45. The molecule has 0 spiro atoms. The number of rotatable bonds is 7. The second kappa shape index (κ2) is 8.93. The summed E-state index contributed by atoms with van der Waals surface area (Å²) in [6, 6.07) is 12.5. The third kappa shape index (κ3) is 4.02. The summed E-state index contributed by atoms with van der Waals surface area (Å²) in [4.78, 5) is 53.9. The SMILES string of the molecule is CC(C)C[C@H](C(=O)OCC(=O)c1ccc(Cl)cc1)N1C(=O)c2ccc3c4c(ccc(c24)C1=O)CC3. The normalized spacial score (nSPS) is 15.1. The van der Waals surface area contributed by atoms with Crippen LogP contribution in [0.2, 0.25) is 5.02 Å². The van der Waals surface area contributed by atoms with Crippen LogP contribution >= 0.6 is 11.6 Å². The maximum absolute atomic E-state index is 13.6. The van der Waals surface area contributed by atoms with Gasteiger partial charge in [-0.15, -0.1) is 0 Å². The molecule has 0 radical (unpaired) electrons. The molecule has 2 amide bonds. The third-order valence-electron chi connectivity index (χ3n) is 6.69. The minimum absolute atomic E-state index is 0.00614. The standard InChI is InChI=1S/C28H24ClNO5/c1-15(2)13-22(28(34)35-14-23(31)16-5-9-19(29)10-6-16)30-26(32)20-11-7-17-3-4-18-8-12-21(27(30)33)25(20)24(17)18/h5-12,15,22H,3-4,13-14H2,1-2H3/t22-/m1/s1. The molecule has 0 unspecified atom stereocenters. The van der Waals surface area contributed by atoms with Crippen molar-refractivity contribution in [1.29, 1.82) is 0 Å². The summed E-state index contributed by atoms with van der Waals surface area (Å²) in [5, 5.41) is 2.15. The van der Waals surface area contributed by atoms with Crippen LogP contribution in [0.15, 0.2) is 48.5 Å². The van der Waals surface area contributed by atoms with E-state index in [4.69, 9.17) is 16.3 Å². The third-order valence-corrected chi connectivity index (χ3v) is 6.94. The van der Waals surface area contributed by atoms with Gasteiger partial charge in [-0.3, -0.25) is 19.3 Å². The van der Waals surface area contributed by atoms with Crippen molar-refractivity contribution >= 4 is 45.9 Å². The van der Waals surface area contributed by atoms with Crippen LogP contribution in [0.3, 0.4) is 0 Å². The molecule has 7 heteroatoms. The van der Waals surface area contributed by atoms with Crippen LogP contribution in [-0.4, -0.2) is 41.1 Å². The Labute approximate surface area is 207 Å². The van der Waals surface area contributed by atoms with E-state index in [0.29, 0.717) is 27.1 Å². The zero-order valence-corrected chi connectivity index (χ0v) is 20.2. The Morgan fingerprint density at radius 1 is 0.886 bits per heavy atom. The highest BCUT2D eigenvalue weighted by Crippen LogP contribution is 2.39. The summed E-state index contributed by atoms with van der Waals surface area (Å²) >= 11 is 5.87. The molecule has 6 nitrogen and oxygen atoms in total. The molecular weight excluding hydrogens is 466 g/mol. The zero-order chi connectivity index (χ0) is 24.9. The van der Waals surface area contributed by atoms with Gasteiger partial charge in [0.05, 0.1) is 0 Å². The van der Waals surface area contributed by atoms with Crippen molar-refractivity contribution in [3.05, 3.63) is 81.4 Å². The van der Waals surface area contributed by atoms with Crippen molar-refractivity contribution in [2.24, 2.45) is 5.92 Å². The van der Waals surface area contributed by atoms with Gasteiger partial charge in [0.1, 0.15) is 6.04 Å². The molecule has 1 aliphatic heterocycles. The number of amides is 2. The number of ether oxygens (including phenoxy) is 1. The van der Waals surface area contributed by atoms with E-state index in [1.165, 1.54) is 0 Å². The van der Waals surface area contributed by atoms with Crippen molar-refractivity contribution < 1.29 is 23.9 Å². The number of hydrogen-bond donors (Lipinski definition) is 0. The molecule has 1 heterocycles. The predicted octanol–water partition coefficient (Wildman–Crippen LogP) is 5.03. The van der Waals surface area contributed by atoms with Crippen LogP contribution < -0.4 is 0 Å². The summed E-state index contributed by atoms with van der Waals surface area (Å²) < 4.78 is 5.34. The molecule has 35 heavy (non-hydrogen) atoms. The van der Waals surface area contributed by atoms with Gasteiger partial charge < -0.3 is 4.74 Å². The molecule has 178 valence electrons. The Morgan fingerprint density at radius 2 is 1.46 bits per heavy atom. The van der Waals surface area contributed by atoms with E-state index in [0.717, 1.165) is 34.3 Å². The Morgan fingerprint density at radius 3 is 2.00 bits per heavy atom. The van der Waals surface area contributed by atoms with Gasteiger partial charge in [-0.25, -0.2) is 4.79 Å². The van der Waals surface area contributed by atoms with Crippen LogP contribution in [0.4, 0.5) is 0 Å². The van der Waals surface area contributed by atoms with Gasteiger partial charge in [-0.2, -0.15) is 0 Å². The number of halogens is 1. The maximum Gasteiger partial charge on any atom is 0.329 e. The van der Waals surface area contributed by atoms with Gasteiger partial charge >= 0.3 is 5.97 Å². The number of Topliss-reactive ketones (excluding diaryl/α,β-unsaturated/α-hetero) is 1. The number of nitrogens with zero attached hydrogens (tertiary/aromatic N) is 1. The van der Waals surface area contributed by atoms with Gasteiger partial charge in [-0.05, 0) is 78.1 Å². The molecule has 0 fully saturated rings. The smallest absolute Gasteiger partial charge is 0.329 e. The van der Waals surface area contributed by atoms with Crippen molar-refractivity contribution in [2.75, 3.05) is 6.61 Å². The lowest BCUT2D eigenvalue weighted by atomic mass is 9.89. The molecule has 2 aliphatic rings. The molecule has 3 aromatic rings. The van der Waals surface area contributed by atoms with E-state index in [2.05, 4.69) is 0 Å². The van der Waals surface area contributed by atoms with Crippen LogP contribution in [0, 0.1) is 5.92 Å². The lowest BCUT2D eigenvalue weighted by Crippen LogP contribution is -2.51. The highest BCUT2D eigenvalue weighted by Gasteiger charge is 2.42. The average molecular weight is 490 g/mol. The molecule has 0 bridgehead atoms. The number of imide groups is 1. The van der Waals surface area contributed by atoms with Crippen molar-refractivity contribution in [3.8, 4) is 0 Å². The monoisotopic (exact) mass is 489 g/mol. The Hall–Kier alpha value is -3.51. The van der Waals surface area contributed by atoms with E-state index < -0.39 is 36.2 Å². The number of carbonyl (C=O) groups is 4. The van der Waals surface area contributed by atoms with Gasteiger partial charge in [0.2, 0.25) is 0 Å². The van der Waals surface area contributed by atoms with Gasteiger partial charge in [0.25, 0.3) is 11.8 Å². The molecule has 3 aromatic carbocycles. The number of hydrogen-bond acceptors (Lipinski definition) is 5. The summed E-state index contributed by atoms with van der Waals surface area (Å²) in [7, 11) is 0. The van der Waals surface area contributed by atoms with Gasteiger partial charge in [-0.1, -0.05) is 37.6 Å². The fourth-order valence-corrected chi connectivity index (χ4v) is 5.15. The minimum Gasteiger partial charge on any atom is -0.456 e. The van der Waals surface area contributed by atoms with Crippen molar-refractivity contribution in [3.63, 3.8) is 0 Å². The molecule has 0 N–H and O–H groups in total. The molecule has 1 aliphatic carbocycles. The molecule has 0 saturated carbocycles. The average Bonchev–Trinajstić information content (AvgIpc) is 3.26. The van der Waals surface area contributed by atoms with Crippen LogP contribution in [-0.2, 0) is 22.4 Å². The van der Waals surface area contributed by atoms with Crippen LogP contribution in [0.5, 0.6) is 0 Å². The molecule has 0 aromatic heterocycles. The second-order valence-corrected chi connectivity index (χ2v) is 9.89. The number of carbonyl (C=O) groups excluding carboxylic acids is 4. The fraction of sp³-hybridized carbons (Fsp3) is 0.286. The highest BCUT2D eigenvalue weighted by molar-refractivity contribution is 6.30. The second-order valence-electron chi connectivity index (χ2n) is 9.46. The Balaban J connectivity index is 1.44. The van der Waals surface area contributed by atoms with E-state index >= 15 is 0 Å². The van der Waals surface area contributed by atoms with Crippen LogP contribution in [0.25, 0.3) is 10.8 Å². The summed E-state index contributed by atoms with van der Waals surface area (Å²) in [6.45, 7) is 3.30. The Bertz CT molecular complexity index is 1330. The van der Waals surface area contributed by atoms with E-state index in [9.17, 15) is 19.2 Å². The zero-order valence-electron chi connectivity index (χ0n) is 19.5. The molecular formula is C28H24ClNO5. The lowest BCUT2D eigenvalue weighted by molar-refractivity contribution is -0.147. The molecule has 1 atom stereocenters. The number of esters is 1. The number of ketones is 1. The molecule has 5 rings (SSSR count). The first-order chi connectivity index (χ1) is 16.8. The highest BCUT2D eigenvalue weighted by atomic mass is 35.5. The first-order valence-electron chi connectivity index (χ1n) is 11.7. The van der Waals surface area contributed by atoms with E-state index in [1.807, 2.05) is 26.0 Å². The molecule has 0 saturated heterocycles. The first kappa shape index (κ1) is 23.2. The van der Waals surface area contributed by atoms with Gasteiger partial charge in [0, 0.05) is 27.1 Å². The lowest BCUT2D eigenvalue weighted by Gasteiger charge is -2.33. The minimum atomic E-state index is -1.14. The number of aryl methyl sites for hydroxylation is 2. The van der Waals surface area contributed by atoms with Crippen LogP contribution in [0.1, 0.15) is 62.5 Å². The first-order valence-corrected chi connectivity index (χ1v) is 12.0. The van der Waals surface area contributed by atoms with Gasteiger partial charge in [0.15, 0.2) is 12.4 Å². The summed E-state index contributed by atoms with van der Waals surface area (Å²) in [6.07, 6.45) is 1.98. The van der Waals surface area contributed by atoms with E-state index in [1.54, 1.807) is 36.4 Å². The van der Waals surface area contributed by atoms with Crippen molar-refractivity contribution in [2.45, 2.75) is 39.2 Å². The topological polar surface area (TPSA) is 80.8 Å².